The lowest BCUT2D eigenvalue weighted by atomic mass is 10.0. The number of carbonyl (C=O) groups excluding carboxylic acids is 1. The molecule has 0 amide bonds. The average Bonchev–Trinajstić information content (AvgIpc) is 3.40. The Labute approximate surface area is 151 Å². The molecule has 1 aliphatic heterocycles. The average molecular weight is 358 g/mol. The lowest BCUT2D eigenvalue weighted by Crippen LogP contribution is -2.17. The summed E-state index contributed by atoms with van der Waals surface area (Å²) >= 11 is 6.44. The first kappa shape index (κ1) is 16.3. The number of fused-ring (bicyclic) bond motifs is 1. The van der Waals surface area contributed by atoms with Gasteiger partial charge in [0.1, 0.15) is 5.82 Å². The van der Waals surface area contributed by atoms with E-state index >= 15 is 0 Å². The molecule has 0 bridgehead atoms. The largest absolute Gasteiger partial charge is 0.465 e. The maximum absolute atomic E-state index is 11.6. The van der Waals surface area contributed by atoms with E-state index in [-0.39, 0.29) is 5.97 Å². The van der Waals surface area contributed by atoms with Crippen LogP contribution >= 0.6 is 11.6 Å². The molecule has 2 heterocycles. The summed E-state index contributed by atoms with van der Waals surface area (Å²) in [6, 6.07) is 5.41. The molecule has 0 saturated heterocycles. The number of nitrogens with zero attached hydrogens (tertiary/aromatic N) is 2. The second-order valence-corrected chi connectivity index (χ2v) is 7.09. The topological polar surface area (TPSA) is 64.1 Å². The number of aromatic nitrogens is 2. The van der Waals surface area contributed by atoms with Crippen molar-refractivity contribution in [3.63, 3.8) is 0 Å². The molecule has 1 fully saturated rings. The van der Waals surface area contributed by atoms with Gasteiger partial charge >= 0.3 is 5.97 Å². The van der Waals surface area contributed by atoms with Crippen LogP contribution in [0, 0.1) is 6.92 Å². The molecule has 2 unspecified atom stereocenters. The molecule has 1 saturated carbocycles. The van der Waals surface area contributed by atoms with Gasteiger partial charge in [0.25, 0.3) is 0 Å². The minimum atomic E-state index is -0.370. The molecule has 1 aromatic heterocycles. The van der Waals surface area contributed by atoms with Crippen molar-refractivity contribution in [2.75, 3.05) is 19.0 Å². The number of nitrogens with one attached hydrogen (secondary N) is 1. The van der Waals surface area contributed by atoms with Crippen LogP contribution in [0.25, 0.3) is 0 Å². The molecule has 4 rings (SSSR count). The van der Waals surface area contributed by atoms with E-state index in [4.69, 9.17) is 21.3 Å². The molecule has 1 N–H and O–H groups in total. The number of hydrogen-bond acceptors (Lipinski definition) is 5. The van der Waals surface area contributed by atoms with Gasteiger partial charge in [0, 0.05) is 17.5 Å². The number of carbonyl (C=O) groups is 1. The van der Waals surface area contributed by atoms with Crippen molar-refractivity contribution in [3.05, 3.63) is 51.6 Å². The molecule has 0 radical (unpaired) electrons. The lowest BCUT2D eigenvalue weighted by molar-refractivity contribution is 0.0600. The van der Waals surface area contributed by atoms with E-state index in [1.807, 2.05) is 13.0 Å². The van der Waals surface area contributed by atoms with Gasteiger partial charge in [-0.05, 0) is 49.8 Å². The fraction of sp³-hybridized carbons (Fsp3) is 0.421. The first-order chi connectivity index (χ1) is 12.1. The number of hydrogen-bond donors (Lipinski definition) is 1. The molecule has 2 atom stereocenters. The first-order valence-electron chi connectivity index (χ1n) is 8.57. The van der Waals surface area contributed by atoms with Crippen LogP contribution in [0.4, 0.5) is 5.69 Å². The van der Waals surface area contributed by atoms with Crippen molar-refractivity contribution in [2.45, 2.75) is 38.0 Å². The van der Waals surface area contributed by atoms with Crippen molar-refractivity contribution in [2.24, 2.45) is 0 Å². The van der Waals surface area contributed by atoms with Gasteiger partial charge in [-0.3, -0.25) is 0 Å². The highest BCUT2D eigenvalue weighted by atomic mass is 35.5. The number of rotatable bonds is 3. The van der Waals surface area contributed by atoms with Gasteiger partial charge in [0.2, 0.25) is 0 Å². The summed E-state index contributed by atoms with van der Waals surface area (Å²) in [5.41, 5.74) is 4.91. The third kappa shape index (κ3) is 2.97. The predicted molar refractivity (Wildman–Crippen MR) is 96.5 cm³/mol. The smallest absolute Gasteiger partial charge is 0.337 e. The van der Waals surface area contributed by atoms with Crippen LogP contribution in [0.5, 0.6) is 0 Å². The van der Waals surface area contributed by atoms with Crippen LogP contribution in [0.15, 0.2) is 18.2 Å². The van der Waals surface area contributed by atoms with Gasteiger partial charge in [-0.15, -0.1) is 0 Å². The van der Waals surface area contributed by atoms with Crippen LogP contribution in [0.2, 0.25) is 5.02 Å². The van der Waals surface area contributed by atoms with Crippen molar-refractivity contribution in [3.8, 4) is 0 Å². The summed E-state index contributed by atoms with van der Waals surface area (Å²) in [6.45, 7) is 2.92. The number of benzene rings is 1. The van der Waals surface area contributed by atoms with E-state index in [0.29, 0.717) is 22.4 Å². The van der Waals surface area contributed by atoms with Crippen LogP contribution in [-0.2, 0) is 11.2 Å². The Bertz CT molecular complexity index is 853. The lowest BCUT2D eigenvalue weighted by Gasteiger charge is -2.20. The molecule has 1 aliphatic carbocycles. The normalized spacial score (nSPS) is 21.2. The molecule has 0 spiro atoms. The van der Waals surface area contributed by atoms with Crippen molar-refractivity contribution in [1.29, 1.82) is 0 Å². The minimum absolute atomic E-state index is 0.335. The Hall–Kier alpha value is -2.14. The molecule has 5 nitrogen and oxygen atoms in total. The van der Waals surface area contributed by atoms with Crippen molar-refractivity contribution >= 4 is 23.3 Å². The summed E-state index contributed by atoms with van der Waals surface area (Å²) in [7, 11) is 1.37. The Balaban J connectivity index is 1.63. The molecular formula is C19H20ClN3O2. The van der Waals surface area contributed by atoms with E-state index in [1.54, 1.807) is 12.1 Å². The number of methoxy groups -OCH3 is 1. The summed E-state index contributed by atoms with van der Waals surface area (Å²) in [5.74, 6) is 1.14. The van der Waals surface area contributed by atoms with Gasteiger partial charge in [-0.25, -0.2) is 14.8 Å². The number of halogens is 1. The standard InChI is InChI=1S/C19H20ClN3O2/c1-10-22-16-4-3-7-21-18(16)17(23-10)14-9-13(14)12-6-5-11(8-15(12)20)19(24)25-2/h5-6,8,13-14,21H,3-4,7,9H2,1-2H3. The third-order valence-corrected chi connectivity index (χ3v) is 5.31. The number of esters is 1. The first-order valence-corrected chi connectivity index (χ1v) is 8.95. The fourth-order valence-electron chi connectivity index (χ4n) is 3.68. The molecule has 25 heavy (non-hydrogen) atoms. The van der Waals surface area contributed by atoms with Gasteiger partial charge in [0.15, 0.2) is 0 Å². The van der Waals surface area contributed by atoms with Gasteiger partial charge < -0.3 is 10.1 Å². The molecule has 130 valence electrons. The highest BCUT2D eigenvalue weighted by molar-refractivity contribution is 6.31. The maximum Gasteiger partial charge on any atom is 0.337 e. The number of anilines is 1. The van der Waals surface area contributed by atoms with Gasteiger partial charge in [-0.1, -0.05) is 17.7 Å². The molecule has 2 aromatic rings. The van der Waals surface area contributed by atoms with E-state index < -0.39 is 0 Å². The second-order valence-electron chi connectivity index (χ2n) is 6.68. The van der Waals surface area contributed by atoms with Crippen molar-refractivity contribution < 1.29 is 9.53 Å². The zero-order valence-corrected chi connectivity index (χ0v) is 15.1. The van der Waals surface area contributed by atoms with Gasteiger partial charge in [-0.2, -0.15) is 0 Å². The predicted octanol–water partition coefficient (Wildman–Crippen LogP) is 3.85. The maximum atomic E-state index is 11.6. The minimum Gasteiger partial charge on any atom is -0.465 e. The molecule has 2 aliphatic rings. The van der Waals surface area contributed by atoms with Crippen LogP contribution in [0.3, 0.4) is 0 Å². The molecule has 1 aromatic carbocycles. The quantitative estimate of drug-likeness (QED) is 0.845. The van der Waals surface area contributed by atoms with Crippen molar-refractivity contribution in [1.82, 2.24) is 9.97 Å². The summed E-state index contributed by atoms with van der Waals surface area (Å²) < 4.78 is 4.75. The Morgan fingerprint density at radius 2 is 2.16 bits per heavy atom. The highest BCUT2D eigenvalue weighted by Crippen LogP contribution is 2.57. The van der Waals surface area contributed by atoms with E-state index in [9.17, 15) is 4.79 Å². The van der Waals surface area contributed by atoms with Crippen LogP contribution in [-0.4, -0.2) is 29.6 Å². The monoisotopic (exact) mass is 357 g/mol. The summed E-state index contributed by atoms with van der Waals surface area (Å²) in [5, 5.41) is 4.09. The van der Waals surface area contributed by atoms with Gasteiger partial charge in [0.05, 0.1) is 29.7 Å². The summed E-state index contributed by atoms with van der Waals surface area (Å²) in [4.78, 5) is 21.0. The summed E-state index contributed by atoms with van der Waals surface area (Å²) in [6.07, 6.45) is 3.13. The molecule has 6 heteroatoms. The van der Waals surface area contributed by atoms with E-state index in [2.05, 4.69) is 10.3 Å². The third-order valence-electron chi connectivity index (χ3n) is 4.98. The Morgan fingerprint density at radius 1 is 1.32 bits per heavy atom. The SMILES string of the molecule is COC(=O)c1ccc(C2CC2c2nc(C)nc3c2NCCC3)c(Cl)c1. The Morgan fingerprint density at radius 3 is 2.92 bits per heavy atom. The fourth-order valence-corrected chi connectivity index (χ4v) is 4.00. The second kappa shape index (κ2) is 6.30. The van der Waals surface area contributed by atoms with Crippen LogP contribution in [0.1, 0.15) is 57.8 Å². The Kier molecular flexibility index (Phi) is 4.12. The van der Waals surface area contributed by atoms with Crippen LogP contribution < -0.4 is 5.32 Å². The zero-order valence-electron chi connectivity index (χ0n) is 14.3. The van der Waals surface area contributed by atoms with E-state index in [1.165, 1.54) is 7.11 Å². The number of aryl methyl sites for hydroxylation is 2. The zero-order chi connectivity index (χ0) is 17.6. The molecular weight excluding hydrogens is 338 g/mol. The highest BCUT2D eigenvalue weighted by Gasteiger charge is 2.44. The number of ether oxygens (including phenoxy) is 1. The van der Waals surface area contributed by atoms with E-state index in [0.717, 1.165) is 54.3 Å².